The smallest absolute Gasteiger partial charge is 0.480 e. The molecule has 330 valence electrons. The quantitative estimate of drug-likeness (QED) is 0.0965. The van der Waals surface area contributed by atoms with Gasteiger partial charge in [-0.2, -0.15) is 39.5 Å². The topological polar surface area (TPSA) is 368 Å². The molecule has 0 aliphatic carbocycles. The highest BCUT2D eigenvalue weighted by Crippen LogP contribution is 2.35. The third kappa shape index (κ3) is 16.1. The molecule has 0 spiro atoms. The summed E-state index contributed by atoms with van der Waals surface area (Å²) in [5, 5.41) is 73.5. The maximum atomic E-state index is 12.4. The maximum Gasteiger partial charge on any atom is 0.490 e. The van der Waals surface area contributed by atoms with Crippen molar-refractivity contribution in [3.8, 4) is 0 Å². The van der Waals surface area contributed by atoms with E-state index in [1.165, 1.54) is 11.9 Å². The van der Waals surface area contributed by atoms with Crippen LogP contribution in [0, 0.1) is 0 Å². The number of halogens is 9. The van der Waals surface area contributed by atoms with Gasteiger partial charge >= 0.3 is 48.1 Å². The monoisotopic (exact) mass is 861 g/mol. The summed E-state index contributed by atoms with van der Waals surface area (Å²) in [5.74, 6) is -9.66. The van der Waals surface area contributed by atoms with Gasteiger partial charge in [-0.3, -0.25) is 24.0 Å². The minimum absolute atomic E-state index is 0.167. The molecule has 10 atom stereocenters. The zero-order chi connectivity index (χ0) is 45.0. The van der Waals surface area contributed by atoms with Crippen molar-refractivity contribution in [1.82, 2.24) is 14.5 Å². The molecule has 3 rings (SSSR count). The lowest BCUT2D eigenvalue weighted by molar-refractivity contribution is -0.234. The number of aliphatic hydroxyl groups excluding tert-OH is 4. The predicted octanol–water partition coefficient (Wildman–Crippen LogP) is -3.42. The standard InChI is InChI=1S/C20H33N5O11.3C2HF3O2/c1-24(5-2-4-21)10(18(31)32)15(36-19-14(30)11(27)8(7-22)34-19)16-12(28)13(29)17(35-16)25-6-3-9(26)23-20(25)33;3*3-2(4,5)1(6)7/h3,6,8,10-17,19,27-30H,2,4-5,7,21-22H2,1H3,(H,31,32)(H,23,26,33);3*(H,6,7)/t8-,10+,11-,12+,13-,14-,15+,16+,17-,19+;;;/m1.../s1. The predicted molar refractivity (Wildman–Crippen MR) is 161 cm³/mol. The lowest BCUT2D eigenvalue weighted by atomic mass is 9.98. The van der Waals surface area contributed by atoms with Crippen LogP contribution in [0.4, 0.5) is 39.5 Å². The lowest BCUT2D eigenvalue weighted by Gasteiger charge is -2.37. The average molecular weight is 862 g/mol. The number of H-pyrrole nitrogens is 1. The Balaban J connectivity index is 0.00000121. The van der Waals surface area contributed by atoms with Crippen LogP contribution in [0.2, 0.25) is 0 Å². The number of carboxylic acids is 4. The van der Waals surface area contributed by atoms with Crippen LogP contribution in [0.1, 0.15) is 12.6 Å². The third-order valence-corrected chi connectivity index (χ3v) is 7.05. The molecular weight excluding hydrogens is 825 g/mol. The number of nitrogens with two attached hydrogens (primary N) is 2. The number of nitrogens with one attached hydrogen (secondary N) is 1. The second-order valence-electron chi connectivity index (χ2n) is 11.2. The van der Waals surface area contributed by atoms with E-state index in [9.17, 15) is 79.4 Å². The highest BCUT2D eigenvalue weighted by molar-refractivity contribution is 5.75. The van der Waals surface area contributed by atoms with Gasteiger partial charge in [0, 0.05) is 18.8 Å². The number of aromatic nitrogens is 2. The van der Waals surface area contributed by atoms with Gasteiger partial charge in [-0.15, -0.1) is 0 Å². The number of nitrogens with zero attached hydrogens (tertiary/aromatic N) is 2. The van der Waals surface area contributed by atoms with E-state index < -0.39 is 115 Å². The number of carbonyl (C=O) groups is 4. The Morgan fingerprint density at radius 1 is 0.825 bits per heavy atom. The number of rotatable bonds is 11. The summed E-state index contributed by atoms with van der Waals surface area (Å²) >= 11 is 0. The van der Waals surface area contributed by atoms with Gasteiger partial charge in [-0.05, 0) is 26.6 Å². The van der Waals surface area contributed by atoms with E-state index in [0.717, 1.165) is 16.8 Å². The summed E-state index contributed by atoms with van der Waals surface area (Å²) in [5.41, 5.74) is 9.45. The molecule has 1 aromatic heterocycles. The number of hydrogen-bond donors (Lipinski definition) is 11. The Labute approximate surface area is 310 Å². The molecule has 0 aromatic carbocycles. The Morgan fingerprint density at radius 2 is 1.28 bits per heavy atom. The zero-order valence-corrected chi connectivity index (χ0v) is 28.5. The summed E-state index contributed by atoms with van der Waals surface area (Å²) in [6, 6.07) is -0.512. The summed E-state index contributed by atoms with van der Waals surface area (Å²) in [4.78, 5) is 66.1. The first-order valence-electron chi connectivity index (χ1n) is 15.1. The first-order valence-corrected chi connectivity index (χ1v) is 15.1. The van der Waals surface area contributed by atoms with Crippen LogP contribution in [-0.4, -0.2) is 179 Å². The van der Waals surface area contributed by atoms with Gasteiger partial charge in [-0.25, -0.2) is 19.2 Å². The first-order chi connectivity index (χ1) is 25.8. The third-order valence-electron chi connectivity index (χ3n) is 7.05. The number of hydrogen-bond acceptors (Lipinski definition) is 16. The van der Waals surface area contributed by atoms with Gasteiger partial charge in [0.2, 0.25) is 0 Å². The molecule has 22 nitrogen and oxygen atoms in total. The molecule has 0 radical (unpaired) electrons. The van der Waals surface area contributed by atoms with Crippen molar-refractivity contribution in [1.29, 1.82) is 0 Å². The minimum atomic E-state index is -5.08. The Hall–Kier alpha value is -4.47. The SMILES string of the molecule is CN(CCCN)[C@H](C(=O)O)[C@H](O[C@@H]1O[C@H](CN)[C@@H](O)[C@H]1O)[C@H]1O[C@@H](n2ccc(=O)[nH]c2=O)[C@H](O)[C@@H]1O.O=C(O)C(F)(F)F.O=C(O)C(F)(F)F.O=C(O)C(F)(F)F. The normalized spacial score (nSPS) is 25.8. The molecule has 2 aliphatic heterocycles. The molecule has 57 heavy (non-hydrogen) atoms. The first kappa shape index (κ1) is 52.5. The van der Waals surface area contributed by atoms with Crippen molar-refractivity contribution in [2.24, 2.45) is 11.5 Å². The van der Waals surface area contributed by atoms with E-state index in [1.807, 2.05) is 4.98 Å². The number of carboxylic acid groups (broad SMARTS) is 4. The second-order valence-corrected chi connectivity index (χ2v) is 11.2. The fourth-order valence-electron chi connectivity index (χ4n) is 4.38. The van der Waals surface area contributed by atoms with Crippen LogP contribution in [0.25, 0.3) is 0 Å². The van der Waals surface area contributed by atoms with Crippen molar-refractivity contribution in [2.75, 3.05) is 26.7 Å². The van der Waals surface area contributed by atoms with Gasteiger partial charge in [-0.1, -0.05) is 0 Å². The number of ether oxygens (including phenoxy) is 3. The van der Waals surface area contributed by atoms with Crippen molar-refractivity contribution < 1.29 is 114 Å². The van der Waals surface area contributed by atoms with Crippen molar-refractivity contribution in [2.45, 2.75) is 86.2 Å². The van der Waals surface area contributed by atoms with Crippen LogP contribution < -0.4 is 22.7 Å². The van der Waals surface area contributed by atoms with Crippen LogP contribution in [0.5, 0.6) is 0 Å². The molecular formula is C26H36F9N5O17. The van der Waals surface area contributed by atoms with Crippen molar-refractivity contribution >= 4 is 23.9 Å². The average Bonchev–Trinajstić information content (AvgIpc) is 3.51. The molecule has 0 saturated carbocycles. The second kappa shape index (κ2) is 21.9. The lowest BCUT2D eigenvalue weighted by Crippen LogP contribution is -2.57. The number of likely N-dealkylation sites (N-methyl/N-ethyl adjacent to an activating group) is 1. The van der Waals surface area contributed by atoms with Crippen LogP contribution >= 0.6 is 0 Å². The molecule has 0 bridgehead atoms. The van der Waals surface area contributed by atoms with Crippen LogP contribution in [0.3, 0.4) is 0 Å². The molecule has 0 unspecified atom stereocenters. The van der Waals surface area contributed by atoms with Gasteiger partial charge in [0.1, 0.15) is 48.8 Å². The fraction of sp³-hybridized carbons (Fsp3) is 0.692. The van der Waals surface area contributed by atoms with E-state index in [1.54, 1.807) is 0 Å². The molecule has 0 amide bonds. The summed E-state index contributed by atoms with van der Waals surface area (Å²) in [6.45, 7) is 0.291. The van der Waals surface area contributed by atoms with Gasteiger partial charge in [0.25, 0.3) is 5.56 Å². The molecule has 2 aliphatic rings. The van der Waals surface area contributed by atoms with Gasteiger partial charge in [0.05, 0.1) is 0 Å². The maximum absolute atomic E-state index is 12.4. The van der Waals surface area contributed by atoms with Gasteiger partial charge in [0.15, 0.2) is 12.5 Å². The van der Waals surface area contributed by atoms with E-state index in [2.05, 4.69) is 0 Å². The number of alkyl halides is 9. The Kier molecular flexibility index (Phi) is 20.2. The Bertz CT molecular complexity index is 1540. The number of aromatic amines is 1. The molecule has 31 heteroatoms. The molecule has 13 N–H and O–H groups in total. The van der Waals surface area contributed by atoms with Crippen molar-refractivity contribution in [3.63, 3.8) is 0 Å². The number of aliphatic hydroxyl groups is 4. The summed E-state index contributed by atoms with van der Waals surface area (Å²) in [7, 11) is 1.47. The molecule has 2 fully saturated rings. The Morgan fingerprint density at radius 3 is 1.63 bits per heavy atom. The molecule has 2 saturated heterocycles. The zero-order valence-electron chi connectivity index (χ0n) is 28.5. The largest absolute Gasteiger partial charge is 0.490 e. The highest BCUT2D eigenvalue weighted by atomic mass is 19.4. The minimum Gasteiger partial charge on any atom is -0.480 e. The fourth-order valence-corrected chi connectivity index (χ4v) is 4.38. The summed E-state index contributed by atoms with van der Waals surface area (Å²) < 4.78 is 113. The van der Waals surface area contributed by atoms with E-state index in [4.69, 9.17) is 55.4 Å². The van der Waals surface area contributed by atoms with E-state index in [-0.39, 0.29) is 19.6 Å². The molecule has 3 heterocycles. The van der Waals surface area contributed by atoms with Crippen molar-refractivity contribution in [3.05, 3.63) is 33.1 Å². The number of aliphatic carboxylic acids is 4. The van der Waals surface area contributed by atoms with Crippen LogP contribution in [0.15, 0.2) is 21.9 Å². The van der Waals surface area contributed by atoms with Gasteiger partial charge < -0.3 is 66.5 Å². The summed E-state index contributed by atoms with van der Waals surface area (Å²) in [6.07, 6.45) is -27.5. The van der Waals surface area contributed by atoms with Crippen LogP contribution in [-0.2, 0) is 33.4 Å². The molecule has 1 aromatic rings. The van der Waals surface area contributed by atoms with E-state index >= 15 is 0 Å². The highest BCUT2D eigenvalue weighted by Gasteiger charge is 2.54. The van der Waals surface area contributed by atoms with E-state index in [0.29, 0.717) is 6.42 Å².